The SMILES string of the molecule is CCC1(CC)C(OC)CC1N(C)C(=O)/C=C/CN(C)C. The molecule has 0 saturated heterocycles. The lowest BCUT2D eigenvalue weighted by molar-refractivity contribution is -0.167. The first-order valence-corrected chi connectivity index (χ1v) is 7.53. The molecule has 20 heavy (non-hydrogen) atoms. The Labute approximate surface area is 123 Å². The Balaban J connectivity index is 2.70. The Morgan fingerprint density at radius 2 is 1.90 bits per heavy atom. The molecule has 1 saturated carbocycles. The number of carbonyl (C=O) groups excluding carboxylic acids is 1. The van der Waals surface area contributed by atoms with Crippen LogP contribution < -0.4 is 0 Å². The minimum Gasteiger partial charge on any atom is -0.381 e. The molecule has 2 atom stereocenters. The van der Waals surface area contributed by atoms with E-state index in [0.717, 1.165) is 25.8 Å². The van der Waals surface area contributed by atoms with Crippen LogP contribution in [-0.4, -0.2) is 62.7 Å². The van der Waals surface area contributed by atoms with Gasteiger partial charge in [0, 0.05) is 38.2 Å². The van der Waals surface area contributed by atoms with Crippen molar-refractivity contribution in [3.8, 4) is 0 Å². The largest absolute Gasteiger partial charge is 0.381 e. The van der Waals surface area contributed by atoms with Crippen molar-refractivity contribution < 1.29 is 9.53 Å². The first-order valence-electron chi connectivity index (χ1n) is 7.53. The lowest BCUT2D eigenvalue weighted by Gasteiger charge is -2.57. The smallest absolute Gasteiger partial charge is 0.246 e. The summed E-state index contributed by atoms with van der Waals surface area (Å²) in [6.45, 7) is 5.18. The van der Waals surface area contributed by atoms with Crippen LogP contribution >= 0.6 is 0 Å². The van der Waals surface area contributed by atoms with Crippen LogP contribution in [0.1, 0.15) is 33.1 Å². The van der Waals surface area contributed by atoms with Gasteiger partial charge < -0.3 is 14.5 Å². The molecule has 0 radical (unpaired) electrons. The van der Waals surface area contributed by atoms with E-state index in [2.05, 4.69) is 13.8 Å². The number of nitrogens with zero attached hydrogens (tertiary/aromatic N) is 2. The van der Waals surface area contributed by atoms with Crippen LogP contribution in [0.4, 0.5) is 0 Å². The molecule has 1 fully saturated rings. The molecule has 1 rings (SSSR count). The number of rotatable bonds is 7. The Bertz CT molecular complexity index is 348. The first kappa shape index (κ1) is 17.2. The monoisotopic (exact) mass is 282 g/mol. The molecule has 0 aliphatic heterocycles. The van der Waals surface area contributed by atoms with E-state index in [1.165, 1.54) is 0 Å². The summed E-state index contributed by atoms with van der Waals surface area (Å²) in [5, 5.41) is 0. The summed E-state index contributed by atoms with van der Waals surface area (Å²) in [7, 11) is 7.68. The molecule has 0 spiro atoms. The standard InChI is InChI=1S/C16H30N2O2/c1-7-16(8-2)13(12-14(16)20-6)18(5)15(19)10-9-11-17(3)4/h9-10,13-14H,7-8,11-12H2,1-6H3/b10-9+. The normalized spacial score (nSPS) is 24.9. The second kappa shape index (κ2) is 7.23. The van der Waals surface area contributed by atoms with Gasteiger partial charge in [0.15, 0.2) is 0 Å². The molecule has 0 heterocycles. The van der Waals surface area contributed by atoms with E-state index in [1.807, 2.05) is 37.0 Å². The molecule has 0 N–H and O–H groups in total. The van der Waals surface area contributed by atoms with E-state index in [9.17, 15) is 4.79 Å². The highest BCUT2D eigenvalue weighted by atomic mass is 16.5. The van der Waals surface area contributed by atoms with Gasteiger partial charge in [-0.25, -0.2) is 0 Å². The third kappa shape index (κ3) is 3.23. The number of methoxy groups -OCH3 is 1. The molecule has 2 unspecified atom stereocenters. The predicted octanol–water partition coefficient (Wildman–Crippen LogP) is 2.16. The second-order valence-corrected chi connectivity index (χ2v) is 6.03. The molecule has 1 aliphatic carbocycles. The summed E-state index contributed by atoms with van der Waals surface area (Å²) in [5.74, 6) is 0.0951. The topological polar surface area (TPSA) is 32.8 Å². The van der Waals surface area contributed by atoms with Crippen molar-refractivity contribution >= 4 is 5.91 Å². The maximum atomic E-state index is 12.3. The minimum atomic E-state index is 0.0951. The fraction of sp³-hybridized carbons (Fsp3) is 0.812. The van der Waals surface area contributed by atoms with Crippen molar-refractivity contribution in [2.75, 3.05) is 34.8 Å². The summed E-state index contributed by atoms with van der Waals surface area (Å²) in [6.07, 6.45) is 6.93. The van der Waals surface area contributed by atoms with Crippen LogP contribution in [0.2, 0.25) is 0 Å². The van der Waals surface area contributed by atoms with Crippen molar-refractivity contribution in [3.63, 3.8) is 0 Å². The summed E-state index contributed by atoms with van der Waals surface area (Å²) < 4.78 is 5.59. The molecule has 1 aliphatic rings. The van der Waals surface area contributed by atoms with Gasteiger partial charge in [0.2, 0.25) is 5.91 Å². The van der Waals surface area contributed by atoms with Gasteiger partial charge in [-0.2, -0.15) is 0 Å². The zero-order chi connectivity index (χ0) is 15.3. The van der Waals surface area contributed by atoms with Crippen LogP contribution in [0.5, 0.6) is 0 Å². The summed E-state index contributed by atoms with van der Waals surface area (Å²) >= 11 is 0. The maximum Gasteiger partial charge on any atom is 0.246 e. The summed E-state index contributed by atoms with van der Waals surface area (Å²) in [4.78, 5) is 16.2. The molecule has 116 valence electrons. The predicted molar refractivity (Wildman–Crippen MR) is 82.7 cm³/mol. The van der Waals surface area contributed by atoms with Crippen molar-refractivity contribution in [2.45, 2.75) is 45.3 Å². The maximum absolute atomic E-state index is 12.3. The van der Waals surface area contributed by atoms with E-state index >= 15 is 0 Å². The third-order valence-corrected chi connectivity index (χ3v) is 4.89. The molecule has 4 nitrogen and oxygen atoms in total. The number of amides is 1. The van der Waals surface area contributed by atoms with E-state index in [1.54, 1.807) is 13.2 Å². The molecule has 0 aromatic carbocycles. The Morgan fingerprint density at radius 3 is 2.35 bits per heavy atom. The fourth-order valence-electron chi connectivity index (χ4n) is 3.41. The summed E-state index contributed by atoms with van der Waals surface area (Å²) in [6, 6.07) is 0.291. The Morgan fingerprint density at radius 1 is 1.30 bits per heavy atom. The van der Waals surface area contributed by atoms with Crippen molar-refractivity contribution in [1.82, 2.24) is 9.80 Å². The van der Waals surface area contributed by atoms with Gasteiger partial charge in [0.05, 0.1) is 6.10 Å². The van der Waals surface area contributed by atoms with E-state index < -0.39 is 0 Å². The number of carbonyl (C=O) groups is 1. The van der Waals surface area contributed by atoms with Crippen molar-refractivity contribution in [2.24, 2.45) is 5.41 Å². The van der Waals surface area contributed by atoms with Crippen LogP contribution in [0.25, 0.3) is 0 Å². The molecule has 0 bridgehead atoms. The van der Waals surface area contributed by atoms with Crippen LogP contribution in [0.3, 0.4) is 0 Å². The number of hydrogen-bond acceptors (Lipinski definition) is 3. The highest BCUT2D eigenvalue weighted by Crippen LogP contribution is 2.50. The number of likely N-dealkylation sites (N-methyl/N-ethyl adjacent to an activating group) is 2. The Hall–Kier alpha value is -0.870. The van der Waals surface area contributed by atoms with E-state index in [4.69, 9.17) is 4.74 Å². The number of ether oxygens (including phenoxy) is 1. The lowest BCUT2D eigenvalue weighted by Crippen LogP contribution is -2.64. The van der Waals surface area contributed by atoms with Crippen molar-refractivity contribution in [1.29, 1.82) is 0 Å². The highest BCUT2D eigenvalue weighted by molar-refractivity contribution is 5.87. The van der Waals surface area contributed by atoms with Crippen LogP contribution in [-0.2, 0) is 9.53 Å². The van der Waals surface area contributed by atoms with E-state index in [-0.39, 0.29) is 17.4 Å². The first-order chi connectivity index (χ1) is 9.42. The number of hydrogen-bond donors (Lipinski definition) is 0. The molecule has 0 aromatic rings. The lowest BCUT2D eigenvalue weighted by atomic mass is 9.58. The average Bonchev–Trinajstić information content (AvgIpc) is 2.39. The Kier molecular flexibility index (Phi) is 6.21. The van der Waals surface area contributed by atoms with E-state index in [0.29, 0.717) is 6.04 Å². The van der Waals surface area contributed by atoms with Crippen molar-refractivity contribution in [3.05, 3.63) is 12.2 Å². The van der Waals surface area contributed by atoms with Gasteiger partial charge in [-0.05, 0) is 33.4 Å². The van der Waals surface area contributed by atoms with Gasteiger partial charge in [0.25, 0.3) is 0 Å². The molecule has 1 amide bonds. The summed E-state index contributed by atoms with van der Waals surface area (Å²) in [5.41, 5.74) is 0.120. The second-order valence-electron chi connectivity index (χ2n) is 6.03. The molecular weight excluding hydrogens is 252 g/mol. The van der Waals surface area contributed by atoms with Crippen LogP contribution in [0.15, 0.2) is 12.2 Å². The van der Waals surface area contributed by atoms with Gasteiger partial charge in [-0.15, -0.1) is 0 Å². The zero-order valence-corrected chi connectivity index (χ0v) is 13.8. The van der Waals surface area contributed by atoms with Gasteiger partial charge >= 0.3 is 0 Å². The minimum absolute atomic E-state index is 0.0951. The van der Waals surface area contributed by atoms with Crippen LogP contribution in [0, 0.1) is 5.41 Å². The molecule has 0 aromatic heterocycles. The fourth-order valence-corrected chi connectivity index (χ4v) is 3.41. The quantitative estimate of drug-likeness (QED) is 0.671. The molecule has 4 heteroatoms. The van der Waals surface area contributed by atoms with Gasteiger partial charge in [-0.1, -0.05) is 19.9 Å². The molecular formula is C16H30N2O2. The third-order valence-electron chi connectivity index (χ3n) is 4.89. The van der Waals surface area contributed by atoms with Gasteiger partial charge in [0.1, 0.15) is 0 Å². The average molecular weight is 282 g/mol. The zero-order valence-electron chi connectivity index (χ0n) is 13.8. The van der Waals surface area contributed by atoms with Gasteiger partial charge in [-0.3, -0.25) is 4.79 Å². The highest BCUT2D eigenvalue weighted by Gasteiger charge is 2.55.